The molecule has 0 atom stereocenters. The smallest absolute Gasteiger partial charge is 0.164 e. The number of hydrogen-bond donors (Lipinski definition) is 1. The molecule has 0 unspecified atom stereocenters. The summed E-state index contributed by atoms with van der Waals surface area (Å²) in [5.41, 5.74) is 18.5. The zero-order valence-corrected chi connectivity index (χ0v) is 67.8. The Morgan fingerprint density at radius 3 is 0.968 bits per heavy atom. The molecule has 10 nitrogen and oxygen atoms in total. The number of aromatic amines is 1. The summed E-state index contributed by atoms with van der Waals surface area (Å²) in [7, 11) is 0. The molecule has 0 saturated carbocycles. The van der Waals surface area contributed by atoms with Gasteiger partial charge >= 0.3 is 0 Å². The molecule has 6 heterocycles. The minimum atomic E-state index is 0.546. The Morgan fingerprint density at radius 2 is 0.528 bits per heavy atom. The molecule has 0 aliphatic rings. The first-order chi connectivity index (χ1) is 61.8. The van der Waals surface area contributed by atoms with Crippen LogP contribution >= 0.6 is 11.6 Å². The predicted molar refractivity (Wildman–Crippen MR) is 518 cm³/mol. The van der Waals surface area contributed by atoms with E-state index in [9.17, 15) is 0 Å². The first kappa shape index (κ1) is 72.5. The van der Waals surface area contributed by atoms with Gasteiger partial charge in [0.15, 0.2) is 46.1 Å². The summed E-state index contributed by atoms with van der Waals surface area (Å²) in [6.07, 6.45) is 0. The number of fused-ring (bicyclic) bond motifs is 18. The van der Waals surface area contributed by atoms with Crippen LogP contribution in [0.2, 0.25) is 5.02 Å². The molecule has 0 bridgehead atoms. The largest absolute Gasteiger partial charge is 0.454 e. The van der Waals surface area contributed by atoms with Gasteiger partial charge in [-0.1, -0.05) is 339 Å². The van der Waals surface area contributed by atoms with E-state index in [1.165, 1.54) is 75.7 Å². The Bertz CT molecular complexity index is 8630. The van der Waals surface area contributed by atoms with E-state index in [0.29, 0.717) is 45.6 Å². The van der Waals surface area contributed by atoms with Crippen molar-refractivity contribution in [3.8, 4) is 96.3 Å². The molecule has 0 radical (unpaired) electrons. The molecule has 1 N–H and O–H groups in total. The Hall–Kier alpha value is -16.5. The van der Waals surface area contributed by atoms with Crippen LogP contribution in [0.3, 0.4) is 0 Å². The first-order valence-corrected chi connectivity index (χ1v) is 42.2. The van der Waals surface area contributed by atoms with Crippen molar-refractivity contribution in [3.05, 3.63) is 418 Å². The van der Waals surface area contributed by atoms with E-state index in [1.807, 2.05) is 91.0 Å². The van der Waals surface area contributed by atoms with Crippen LogP contribution in [-0.2, 0) is 0 Å². The van der Waals surface area contributed by atoms with Crippen LogP contribution in [-0.4, -0.2) is 39.5 Å². The fourth-order valence-corrected chi connectivity index (χ4v) is 18.5. The standard InChI is InChI=1S/C57H34N4O.C37H22ClN3O.C20H13N/c1-2-13-35(14-3-1)36-25-27-38(28-26-36)55-58-56(44-23-12-20-37-15-8-9-21-43(37)44)60-57(59-55)46-29-30-49(54-53(46)45-22-10-11-24-52(45)62-54)61-50-33-41-18-6-4-16-39(41)31-47(50)48-32-40-17-5-7-19-42(40)34-51(48)61;38-31-22-21-30(33-29-14-6-7-16-32(29)42-34(31)33)37-40-35(26-19-17-24(18-20-26)23-9-2-1-3-10-23)39-36(41-37)28-15-8-12-25-11-4-5-13-27(25)28;1-3-7-15-11-19-17(9-13(15)5-1)18-10-14-6-2-4-8-16(14)12-20(18)21-19/h1-34H;1-22H;1-12,21H. The van der Waals surface area contributed by atoms with Crippen LogP contribution in [0.1, 0.15) is 0 Å². The van der Waals surface area contributed by atoms with Crippen LogP contribution in [0.4, 0.5) is 0 Å². The molecule has 0 fully saturated rings. The number of halogens is 1. The highest BCUT2D eigenvalue weighted by Crippen LogP contribution is 2.47. The number of para-hydroxylation sites is 2. The van der Waals surface area contributed by atoms with Gasteiger partial charge in [-0.15, -0.1) is 0 Å². The highest BCUT2D eigenvalue weighted by molar-refractivity contribution is 6.36. The summed E-state index contributed by atoms with van der Waals surface area (Å²) in [6.45, 7) is 0. The van der Waals surface area contributed by atoms with Crippen molar-refractivity contribution in [2.75, 3.05) is 0 Å². The molecule has 6 aromatic heterocycles. The number of nitrogens with zero attached hydrogens (tertiary/aromatic N) is 7. The van der Waals surface area contributed by atoms with Gasteiger partial charge in [0, 0.05) is 87.5 Å². The van der Waals surface area contributed by atoms with Gasteiger partial charge in [0.25, 0.3) is 0 Å². The van der Waals surface area contributed by atoms with Crippen molar-refractivity contribution in [3.63, 3.8) is 0 Å². The second kappa shape index (κ2) is 30.0. The summed E-state index contributed by atoms with van der Waals surface area (Å²) in [6, 6.07) is 144. The number of rotatable bonds is 9. The number of hydrogen-bond acceptors (Lipinski definition) is 8. The zero-order chi connectivity index (χ0) is 82.6. The molecular weight excluding hydrogens is 1550 g/mol. The maximum Gasteiger partial charge on any atom is 0.164 e. The van der Waals surface area contributed by atoms with Crippen LogP contribution < -0.4 is 0 Å². The van der Waals surface area contributed by atoms with Crippen molar-refractivity contribution in [2.45, 2.75) is 0 Å². The third kappa shape index (κ3) is 12.8. The minimum Gasteiger partial charge on any atom is -0.454 e. The molecule has 584 valence electrons. The monoisotopic (exact) mass is 1620 g/mol. The SMILES string of the molecule is Clc1ccc(-c2nc(-c3ccc(-c4ccccc4)cc3)nc(-c3cccc4ccccc34)n2)c2c1oc1ccccc12.c1ccc(-c2ccc(-c3nc(-c4cccc5ccccc45)nc(-c4ccc(-n5c6cc7ccccc7cc6c6cc7ccccc7cc65)c5oc6ccccc6c45)n3)cc2)cc1.c1ccc2cc3c(cc2c1)[nH]c1cc2ccccc2cc13. The molecule has 20 aromatic carbocycles. The number of H-pyrrole nitrogens is 1. The van der Waals surface area contributed by atoms with E-state index in [1.54, 1.807) is 0 Å². The quantitative estimate of drug-likeness (QED) is 0.152. The summed E-state index contributed by atoms with van der Waals surface area (Å²) in [5.74, 6) is 3.55. The summed E-state index contributed by atoms with van der Waals surface area (Å²) in [5, 5.41) is 23.7. The van der Waals surface area contributed by atoms with Gasteiger partial charge in [0.2, 0.25) is 0 Å². The average molecular weight is 1620 g/mol. The number of nitrogens with one attached hydrogen (secondary N) is 1. The molecule has 11 heteroatoms. The van der Waals surface area contributed by atoms with Gasteiger partial charge in [-0.05, 0) is 172 Å². The topological polar surface area (TPSA) is 124 Å². The van der Waals surface area contributed by atoms with E-state index in [2.05, 4.69) is 331 Å². The molecule has 26 aromatic rings. The average Bonchev–Trinajstić information content (AvgIpc) is 1.56. The molecule has 0 spiro atoms. The maximum atomic E-state index is 6.99. The van der Waals surface area contributed by atoms with Gasteiger partial charge in [0.1, 0.15) is 11.2 Å². The third-order valence-corrected chi connectivity index (χ3v) is 24.7. The molecule has 26 rings (SSSR count). The second-order valence-corrected chi connectivity index (χ2v) is 32.2. The van der Waals surface area contributed by atoms with Gasteiger partial charge < -0.3 is 18.4 Å². The second-order valence-electron chi connectivity index (χ2n) is 31.8. The van der Waals surface area contributed by atoms with Crippen LogP contribution in [0.15, 0.2) is 421 Å². The van der Waals surface area contributed by atoms with Crippen molar-refractivity contribution < 1.29 is 8.83 Å². The third-order valence-electron chi connectivity index (χ3n) is 24.4. The van der Waals surface area contributed by atoms with Gasteiger partial charge in [-0.3, -0.25) is 0 Å². The molecular formula is C114H69ClN8O2. The zero-order valence-electron chi connectivity index (χ0n) is 67.1. The van der Waals surface area contributed by atoms with E-state index in [-0.39, 0.29) is 0 Å². The van der Waals surface area contributed by atoms with Gasteiger partial charge in [-0.25, -0.2) is 29.9 Å². The summed E-state index contributed by atoms with van der Waals surface area (Å²) < 4.78 is 15.6. The van der Waals surface area contributed by atoms with Crippen LogP contribution in [0, 0.1) is 0 Å². The first-order valence-electron chi connectivity index (χ1n) is 41.9. The van der Waals surface area contributed by atoms with Gasteiger partial charge in [-0.2, -0.15) is 0 Å². The maximum absolute atomic E-state index is 6.99. The highest BCUT2D eigenvalue weighted by atomic mass is 35.5. The van der Waals surface area contributed by atoms with Crippen LogP contribution in [0.5, 0.6) is 0 Å². The molecule has 0 aliphatic carbocycles. The number of benzene rings is 20. The minimum absolute atomic E-state index is 0.546. The van der Waals surface area contributed by atoms with E-state index >= 15 is 0 Å². The number of furan rings is 2. The highest BCUT2D eigenvalue weighted by Gasteiger charge is 2.26. The lowest BCUT2D eigenvalue weighted by atomic mass is 10.0. The van der Waals surface area contributed by atoms with E-state index in [4.69, 9.17) is 50.3 Å². The fourth-order valence-electron chi connectivity index (χ4n) is 18.3. The fraction of sp³-hybridized carbons (Fsp3) is 0. The lowest BCUT2D eigenvalue weighted by Gasteiger charge is -2.13. The predicted octanol–water partition coefficient (Wildman–Crippen LogP) is 30.9. The molecule has 125 heavy (non-hydrogen) atoms. The van der Waals surface area contributed by atoms with Crippen molar-refractivity contribution in [1.82, 2.24) is 39.5 Å². The normalized spacial score (nSPS) is 11.7. The lowest BCUT2D eigenvalue weighted by molar-refractivity contribution is 0.666. The Morgan fingerprint density at radius 1 is 0.216 bits per heavy atom. The van der Waals surface area contributed by atoms with Crippen molar-refractivity contribution in [2.24, 2.45) is 0 Å². The summed E-state index contributed by atoms with van der Waals surface area (Å²) in [4.78, 5) is 34.6. The molecule has 0 saturated heterocycles. The van der Waals surface area contributed by atoms with Gasteiger partial charge in [0.05, 0.1) is 21.7 Å². The van der Waals surface area contributed by atoms with E-state index in [0.717, 1.165) is 132 Å². The molecule has 0 aliphatic heterocycles. The Labute approximate surface area is 720 Å². The number of aromatic nitrogens is 8. The van der Waals surface area contributed by atoms with E-state index < -0.39 is 0 Å². The van der Waals surface area contributed by atoms with Crippen molar-refractivity contribution in [1.29, 1.82) is 0 Å². The van der Waals surface area contributed by atoms with Crippen LogP contribution in [0.25, 0.3) is 248 Å². The van der Waals surface area contributed by atoms with Crippen molar-refractivity contribution >= 4 is 164 Å². The lowest BCUT2D eigenvalue weighted by Crippen LogP contribution is -2.02. The Balaban J connectivity index is 0.000000119. The molecule has 0 amide bonds. The Kier molecular flexibility index (Phi) is 17.4. The summed E-state index contributed by atoms with van der Waals surface area (Å²) >= 11 is 6.63.